The molecule has 4 aromatic rings. The fraction of sp³-hybridized carbons (Fsp3) is 0.308. The normalized spacial score (nSPS) is 15.2. The molecule has 2 aromatic heterocycles. The van der Waals surface area contributed by atoms with Crippen molar-refractivity contribution < 1.29 is 4.79 Å². The summed E-state index contributed by atoms with van der Waals surface area (Å²) in [4.78, 5) is 21.5. The van der Waals surface area contributed by atoms with E-state index < -0.39 is 0 Å². The molecule has 0 radical (unpaired) electrons. The number of nitrogens with one attached hydrogen (secondary N) is 2. The minimum atomic E-state index is -0.00934. The molecule has 0 unspecified atom stereocenters. The fourth-order valence-electron chi connectivity index (χ4n) is 4.52. The predicted molar refractivity (Wildman–Crippen MR) is 131 cm³/mol. The van der Waals surface area contributed by atoms with Crippen molar-refractivity contribution in [1.29, 1.82) is 0 Å². The van der Waals surface area contributed by atoms with Crippen molar-refractivity contribution in [3.63, 3.8) is 0 Å². The third kappa shape index (κ3) is 3.75. The van der Waals surface area contributed by atoms with Gasteiger partial charge in [0.05, 0.1) is 5.69 Å². The van der Waals surface area contributed by atoms with Crippen molar-refractivity contribution in [1.82, 2.24) is 29.6 Å². The Morgan fingerprint density at radius 3 is 2.71 bits per heavy atom. The molecule has 0 atom stereocenters. The van der Waals surface area contributed by atoms with Crippen molar-refractivity contribution in [2.75, 3.05) is 11.9 Å². The summed E-state index contributed by atoms with van der Waals surface area (Å²) < 4.78 is 4.01. The number of carbonyl (C=O) groups excluding carboxylic acids is 1. The lowest BCUT2D eigenvalue weighted by Gasteiger charge is -2.17. The number of aromatic nitrogens is 5. The van der Waals surface area contributed by atoms with Crippen molar-refractivity contribution in [2.24, 2.45) is 0 Å². The monoisotopic (exact) mass is 453 g/mol. The number of imidazole rings is 1. The largest absolute Gasteiger partial charge is 0.352 e. The molecule has 1 aliphatic heterocycles. The molecule has 3 heterocycles. The number of anilines is 2. The van der Waals surface area contributed by atoms with E-state index in [2.05, 4.69) is 52.6 Å². The van der Waals surface area contributed by atoms with Crippen LogP contribution in [0.25, 0.3) is 17.1 Å². The zero-order valence-electron chi connectivity index (χ0n) is 19.4. The van der Waals surface area contributed by atoms with Gasteiger partial charge in [-0.3, -0.25) is 4.79 Å². The third-order valence-electron chi connectivity index (χ3n) is 6.56. The SMILES string of the molecule is CCn1nc(-c2ccc(-n3cc(C4CC4)nc3C)cc2)nc1Nc1ccc2c(c1)CCNC2=O. The maximum Gasteiger partial charge on any atom is 0.251 e. The van der Waals surface area contributed by atoms with Gasteiger partial charge in [0.15, 0.2) is 5.82 Å². The van der Waals surface area contributed by atoms with Gasteiger partial charge in [-0.15, -0.1) is 5.10 Å². The molecule has 8 nitrogen and oxygen atoms in total. The lowest BCUT2D eigenvalue weighted by Crippen LogP contribution is -2.31. The van der Waals surface area contributed by atoms with Crippen LogP contribution < -0.4 is 10.6 Å². The number of carbonyl (C=O) groups is 1. The first kappa shape index (κ1) is 20.7. The molecule has 172 valence electrons. The molecule has 2 N–H and O–H groups in total. The van der Waals surface area contributed by atoms with Crippen LogP contribution in [0.3, 0.4) is 0 Å². The van der Waals surface area contributed by atoms with Crippen molar-refractivity contribution in [3.8, 4) is 17.1 Å². The summed E-state index contributed by atoms with van der Waals surface area (Å²) in [6.45, 7) is 5.46. The van der Waals surface area contributed by atoms with Gasteiger partial charge >= 0.3 is 0 Å². The van der Waals surface area contributed by atoms with Gasteiger partial charge in [0.2, 0.25) is 5.95 Å². The summed E-state index contributed by atoms with van der Waals surface area (Å²) in [6.07, 6.45) is 5.49. The Hall–Kier alpha value is -3.94. The first-order valence-corrected chi connectivity index (χ1v) is 11.9. The average Bonchev–Trinajstić information content (AvgIpc) is 3.51. The number of benzene rings is 2. The summed E-state index contributed by atoms with van der Waals surface area (Å²) in [6, 6.07) is 14.1. The summed E-state index contributed by atoms with van der Waals surface area (Å²) in [5.41, 5.74) is 5.94. The highest BCUT2D eigenvalue weighted by molar-refractivity contribution is 5.97. The van der Waals surface area contributed by atoms with Crippen LogP contribution in [0.4, 0.5) is 11.6 Å². The number of aryl methyl sites for hydroxylation is 2. The summed E-state index contributed by atoms with van der Waals surface area (Å²) in [5.74, 6) is 3.00. The molecule has 0 saturated heterocycles. The standard InChI is InChI=1S/C26H27N7O/c1-3-33-26(29-20-8-11-22-19(14-20)12-13-27-25(22)34)30-24(31-33)18-6-9-21(10-7-18)32-15-23(17-4-5-17)28-16(32)2/h6-11,14-15,17H,3-5,12-13H2,1-2H3,(H,27,34)(H,29,30,31). The molecule has 0 bridgehead atoms. The number of amides is 1. The lowest BCUT2D eigenvalue weighted by molar-refractivity contribution is 0.0946. The van der Waals surface area contributed by atoms with E-state index >= 15 is 0 Å². The van der Waals surface area contributed by atoms with Gasteiger partial charge in [0, 0.05) is 47.7 Å². The van der Waals surface area contributed by atoms with Gasteiger partial charge in [-0.25, -0.2) is 9.67 Å². The molecular formula is C26H27N7O. The Balaban J connectivity index is 1.25. The molecule has 0 spiro atoms. The third-order valence-corrected chi connectivity index (χ3v) is 6.56. The maximum atomic E-state index is 12.0. The Bertz CT molecular complexity index is 1380. The van der Waals surface area contributed by atoms with E-state index in [9.17, 15) is 4.79 Å². The Kier molecular flexibility index (Phi) is 4.94. The quantitative estimate of drug-likeness (QED) is 0.453. The smallest absolute Gasteiger partial charge is 0.251 e. The number of rotatable bonds is 6. The van der Waals surface area contributed by atoms with Crippen molar-refractivity contribution >= 4 is 17.5 Å². The lowest BCUT2D eigenvalue weighted by atomic mass is 10.00. The van der Waals surface area contributed by atoms with Crippen LogP contribution in [0, 0.1) is 6.92 Å². The van der Waals surface area contributed by atoms with Crippen LogP contribution in [0.5, 0.6) is 0 Å². The zero-order chi connectivity index (χ0) is 23.2. The van der Waals surface area contributed by atoms with E-state index in [-0.39, 0.29) is 5.91 Å². The molecule has 34 heavy (non-hydrogen) atoms. The molecule has 2 aliphatic rings. The van der Waals surface area contributed by atoms with Crippen molar-refractivity contribution in [3.05, 3.63) is 71.3 Å². The van der Waals surface area contributed by atoms with E-state index in [1.807, 2.05) is 29.8 Å². The van der Waals surface area contributed by atoms with E-state index in [1.54, 1.807) is 0 Å². The molecule has 8 heteroatoms. The summed E-state index contributed by atoms with van der Waals surface area (Å²) >= 11 is 0. The molecule has 1 amide bonds. The Morgan fingerprint density at radius 1 is 1.12 bits per heavy atom. The van der Waals surface area contributed by atoms with E-state index in [4.69, 9.17) is 15.1 Å². The highest BCUT2D eigenvalue weighted by Gasteiger charge is 2.26. The predicted octanol–water partition coefficient (Wildman–Crippen LogP) is 4.37. The molecular weight excluding hydrogens is 426 g/mol. The first-order chi connectivity index (χ1) is 16.6. The second kappa shape index (κ2) is 8.13. The van der Waals surface area contributed by atoms with Gasteiger partial charge in [-0.05, 0) is 81.1 Å². The van der Waals surface area contributed by atoms with Gasteiger partial charge in [-0.1, -0.05) is 0 Å². The number of hydrogen-bond acceptors (Lipinski definition) is 5. The minimum Gasteiger partial charge on any atom is -0.352 e. The van der Waals surface area contributed by atoms with Gasteiger partial charge in [0.1, 0.15) is 5.82 Å². The molecule has 1 fully saturated rings. The summed E-state index contributed by atoms with van der Waals surface area (Å²) in [5, 5.41) is 11.0. The second-order valence-electron chi connectivity index (χ2n) is 8.98. The summed E-state index contributed by atoms with van der Waals surface area (Å²) in [7, 11) is 0. The minimum absolute atomic E-state index is 0.00934. The van der Waals surface area contributed by atoms with Crippen LogP contribution in [-0.2, 0) is 13.0 Å². The maximum absolute atomic E-state index is 12.0. The number of fused-ring (bicyclic) bond motifs is 1. The van der Waals surface area contributed by atoms with Gasteiger partial charge in [0.25, 0.3) is 5.91 Å². The molecule has 6 rings (SSSR count). The van der Waals surface area contributed by atoms with Crippen LogP contribution in [0.2, 0.25) is 0 Å². The van der Waals surface area contributed by atoms with E-state index in [0.29, 0.717) is 30.8 Å². The fourth-order valence-corrected chi connectivity index (χ4v) is 4.52. The number of nitrogens with zero attached hydrogens (tertiary/aromatic N) is 5. The van der Waals surface area contributed by atoms with Crippen molar-refractivity contribution in [2.45, 2.75) is 45.6 Å². The van der Waals surface area contributed by atoms with E-state index in [1.165, 1.54) is 18.5 Å². The van der Waals surface area contributed by atoms with E-state index in [0.717, 1.165) is 40.3 Å². The zero-order valence-corrected chi connectivity index (χ0v) is 19.4. The average molecular weight is 454 g/mol. The molecule has 1 saturated carbocycles. The van der Waals surface area contributed by atoms with Gasteiger partial charge in [-0.2, -0.15) is 4.98 Å². The van der Waals surface area contributed by atoms with Crippen LogP contribution in [0.15, 0.2) is 48.7 Å². The van der Waals surface area contributed by atoms with Crippen LogP contribution in [0.1, 0.15) is 53.1 Å². The topological polar surface area (TPSA) is 89.7 Å². The Labute approximate surface area is 198 Å². The van der Waals surface area contributed by atoms with Gasteiger partial charge < -0.3 is 15.2 Å². The first-order valence-electron chi connectivity index (χ1n) is 11.9. The highest BCUT2D eigenvalue weighted by Crippen LogP contribution is 2.39. The number of hydrogen-bond donors (Lipinski definition) is 2. The second-order valence-corrected chi connectivity index (χ2v) is 8.98. The van der Waals surface area contributed by atoms with Crippen LogP contribution >= 0.6 is 0 Å². The highest BCUT2D eigenvalue weighted by atomic mass is 16.1. The Morgan fingerprint density at radius 2 is 1.94 bits per heavy atom. The molecule has 1 aliphatic carbocycles. The molecule has 2 aromatic carbocycles. The van der Waals surface area contributed by atoms with Crippen LogP contribution in [-0.4, -0.2) is 36.8 Å².